The van der Waals surface area contributed by atoms with E-state index in [0.717, 1.165) is 19.3 Å². The predicted molar refractivity (Wildman–Crippen MR) is 84.9 cm³/mol. The van der Waals surface area contributed by atoms with E-state index in [9.17, 15) is 18.0 Å². The highest BCUT2D eigenvalue weighted by molar-refractivity contribution is 7.99. The third-order valence-corrected chi connectivity index (χ3v) is 4.46. The zero-order valence-electron chi connectivity index (χ0n) is 13.5. The van der Waals surface area contributed by atoms with Crippen LogP contribution in [0.2, 0.25) is 0 Å². The Labute approximate surface area is 135 Å². The highest BCUT2D eigenvalue weighted by Gasteiger charge is 2.25. The van der Waals surface area contributed by atoms with Gasteiger partial charge in [-0.3, -0.25) is 4.79 Å². The predicted octanol–water partition coefficient (Wildman–Crippen LogP) is 4.15. The Balaban J connectivity index is 3.69. The van der Waals surface area contributed by atoms with Crippen molar-refractivity contribution in [3.8, 4) is 0 Å². The molecule has 0 spiro atoms. The SMILES string of the molecule is CCCC(CC)COC(=O)C(N)CCSCCCC(F)(F)F. The van der Waals surface area contributed by atoms with E-state index in [4.69, 9.17) is 10.5 Å². The minimum Gasteiger partial charge on any atom is -0.464 e. The summed E-state index contributed by atoms with van der Waals surface area (Å²) >= 11 is 1.39. The van der Waals surface area contributed by atoms with E-state index >= 15 is 0 Å². The molecule has 3 nitrogen and oxygen atoms in total. The first-order valence-electron chi connectivity index (χ1n) is 7.86. The molecule has 0 amide bonds. The Morgan fingerprint density at radius 2 is 1.91 bits per heavy atom. The second-order valence-corrected chi connectivity index (χ2v) is 6.64. The summed E-state index contributed by atoms with van der Waals surface area (Å²) in [5.74, 6) is 0.957. The summed E-state index contributed by atoms with van der Waals surface area (Å²) in [5, 5.41) is 0. The molecule has 0 aromatic carbocycles. The Morgan fingerprint density at radius 3 is 2.45 bits per heavy atom. The largest absolute Gasteiger partial charge is 0.464 e. The van der Waals surface area contributed by atoms with Crippen LogP contribution in [0.4, 0.5) is 13.2 Å². The van der Waals surface area contributed by atoms with E-state index in [1.807, 2.05) is 0 Å². The van der Waals surface area contributed by atoms with Crippen LogP contribution in [0, 0.1) is 5.92 Å². The second kappa shape index (κ2) is 12.0. The maximum absolute atomic E-state index is 11.9. The van der Waals surface area contributed by atoms with Crippen LogP contribution in [0.3, 0.4) is 0 Å². The van der Waals surface area contributed by atoms with Gasteiger partial charge in [-0.25, -0.2) is 0 Å². The summed E-state index contributed by atoms with van der Waals surface area (Å²) in [4.78, 5) is 11.7. The van der Waals surface area contributed by atoms with Crippen LogP contribution in [-0.2, 0) is 9.53 Å². The molecule has 132 valence electrons. The van der Waals surface area contributed by atoms with Crippen LogP contribution in [0.25, 0.3) is 0 Å². The highest BCUT2D eigenvalue weighted by Crippen LogP contribution is 2.22. The molecule has 0 rings (SSSR count). The Morgan fingerprint density at radius 1 is 1.23 bits per heavy atom. The molecule has 0 aromatic rings. The lowest BCUT2D eigenvalue weighted by Crippen LogP contribution is -2.34. The van der Waals surface area contributed by atoms with Gasteiger partial charge in [0.05, 0.1) is 6.61 Å². The summed E-state index contributed by atoms with van der Waals surface area (Å²) in [7, 11) is 0. The average Bonchev–Trinajstić information content (AvgIpc) is 2.45. The summed E-state index contributed by atoms with van der Waals surface area (Å²) in [6.07, 6.45) is -1.28. The molecule has 0 fully saturated rings. The minimum absolute atomic E-state index is 0.100. The first-order chi connectivity index (χ1) is 10.3. The number of rotatable bonds is 12. The van der Waals surface area contributed by atoms with Gasteiger partial charge in [0.15, 0.2) is 0 Å². The van der Waals surface area contributed by atoms with Crippen molar-refractivity contribution in [3.05, 3.63) is 0 Å². The lowest BCUT2D eigenvalue weighted by molar-refractivity contribution is -0.146. The Kier molecular flexibility index (Phi) is 11.8. The van der Waals surface area contributed by atoms with E-state index in [-0.39, 0.29) is 6.42 Å². The van der Waals surface area contributed by atoms with Gasteiger partial charge in [0.2, 0.25) is 0 Å². The smallest absolute Gasteiger partial charge is 0.389 e. The first kappa shape index (κ1) is 21.6. The van der Waals surface area contributed by atoms with Crippen molar-refractivity contribution < 1.29 is 22.7 Å². The molecule has 7 heteroatoms. The fourth-order valence-corrected chi connectivity index (χ4v) is 2.90. The topological polar surface area (TPSA) is 52.3 Å². The normalized spacial score (nSPS) is 14.6. The van der Waals surface area contributed by atoms with Gasteiger partial charge in [-0.1, -0.05) is 26.7 Å². The number of carbonyl (C=O) groups is 1. The van der Waals surface area contributed by atoms with Crippen LogP contribution < -0.4 is 5.73 Å². The number of thioether (sulfide) groups is 1. The fraction of sp³-hybridized carbons (Fsp3) is 0.933. The van der Waals surface area contributed by atoms with Gasteiger partial charge in [-0.15, -0.1) is 0 Å². The number of hydrogen-bond donors (Lipinski definition) is 1. The molecule has 2 unspecified atom stereocenters. The monoisotopic (exact) mass is 343 g/mol. The molecule has 2 atom stereocenters. The Hall–Kier alpha value is -0.430. The molecular formula is C15H28F3NO2S. The molecule has 0 saturated heterocycles. The molecule has 2 N–H and O–H groups in total. The Bertz CT molecular complexity index is 301. The van der Waals surface area contributed by atoms with Crippen LogP contribution in [0.15, 0.2) is 0 Å². The third kappa shape index (κ3) is 12.1. The lowest BCUT2D eigenvalue weighted by Gasteiger charge is -2.16. The fourth-order valence-electron chi connectivity index (χ4n) is 1.93. The summed E-state index contributed by atoms with van der Waals surface area (Å²) in [6.45, 7) is 4.55. The molecule has 0 bridgehead atoms. The summed E-state index contributed by atoms with van der Waals surface area (Å²) in [5.41, 5.74) is 5.73. The van der Waals surface area contributed by atoms with Crippen molar-refractivity contribution in [1.29, 1.82) is 0 Å². The molecule has 0 heterocycles. The van der Waals surface area contributed by atoms with Crippen molar-refractivity contribution in [2.45, 2.75) is 64.6 Å². The van der Waals surface area contributed by atoms with Gasteiger partial charge < -0.3 is 10.5 Å². The number of ether oxygens (including phenoxy) is 1. The number of alkyl halides is 3. The van der Waals surface area contributed by atoms with E-state index in [2.05, 4.69) is 13.8 Å². The molecule has 0 aliphatic rings. The summed E-state index contributed by atoms with van der Waals surface area (Å²) < 4.78 is 41.0. The third-order valence-electron chi connectivity index (χ3n) is 3.36. The maximum Gasteiger partial charge on any atom is 0.389 e. The number of halogens is 3. The molecule has 0 aromatic heterocycles. The standard InChI is InChI=1S/C15H28F3NO2S/c1-3-6-12(4-2)11-21-14(20)13(19)7-10-22-9-5-8-15(16,17)18/h12-13H,3-11,19H2,1-2H3. The van der Waals surface area contributed by atoms with Gasteiger partial charge in [-0.05, 0) is 36.7 Å². The number of hydrogen-bond acceptors (Lipinski definition) is 4. The minimum atomic E-state index is -4.09. The molecule has 22 heavy (non-hydrogen) atoms. The zero-order chi connectivity index (χ0) is 17.0. The molecule has 0 radical (unpaired) electrons. The van der Waals surface area contributed by atoms with Crippen LogP contribution in [-0.4, -0.2) is 36.3 Å². The molecule has 0 aliphatic carbocycles. The molecular weight excluding hydrogens is 315 g/mol. The average molecular weight is 343 g/mol. The van der Waals surface area contributed by atoms with Gasteiger partial charge in [0.1, 0.15) is 6.04 Å². The van der Waals surface area contributed by atoms with E-state index in [1.54, 1.807) is 0 Å². The summed E-state index contributed by atoms with van der Waals surface area (Å²) in [6, 6.07) is -0.686. The second-order valence-electron chi connectivity index (χ2n) is 5.42. The molecule has 0 aliphatic heterocycles. The van der Waals surface area contributed by atoms with E-state index < -0.39 is 24.6 Å². The van der Waals surface area contributed by atoms with Crippen molar-refractivity contribution in [2.24, 2.45) is 11.7 Å². The van der Waals surface area contributed by atoms with Gasteiger partial charge in [-0.2, -0.15) is 24.9 Å². The van der Waals surface area contributed by atoms with E-state index in [0.29, 0.717) is 30.5 Å². The number of nitrogens with two attached hydrogens (primary N) is 1. The zero-order valence-corrected chi connectivity index (χ0v) is 14.3. The van der Waals surface area contributed by atoms with Crippen LogP contribution in [0.1, 0.15) is 52.4 Å². The molecule has 0 saturated carbocycles. The number of esters is 1. The van der Waals surface area contributed by atoms with Crippen molar-refractivity contribution in [1.82, 2.24) is 0 Å². The lowest BCUT2D eigenvalue weighted by atomic mass is 10.0. The van der Waals surface area contributed by atoms with Gasteiger partial charge in [0, 0.05) is 6.42 Å². The van der Waals surface area contributed by atoms with Crippen LogP contribution >= 0.6 is 11.8 Å². The highest BCUT2D eigenvalue weighted by atomic mass is 32.2. The first-order valence-corrected chi connectivity index (χ1v) is 9.02. The van der Waals surface area contributed by atoms with Crippen molar-refractivity contribution in [3.63, 3.8) is 0 Å². The number of carbonyl (C=O) groups excluding carboxylic acids is 1. The van der Waals surface area contributed by atoms with Crippen molar-refractivity contribution >= 4 is 17.7 Å². The van der Waals surface area contributed by atoms with Gasteiger partial charge >= 0.3 is 12.1 Å². The quantitative estimate of drug-likeness (QED) is 0.427. The van der Waals surface area contributed by atoms with Gasteiger partial charge in [0.25, 0.3) is 0 Å². The van der Waals surface area contributed by atoms with Crippen LogP contribution in [0.5, 0.6) is 0 Å². The van der Waals surface area contributed by atoms with E-state index in [1.165, 1.54) is 11.8 Å². The maximum atomic E-state index is 11.9. The van der Waals surface area contributed by atoms with Crippen molar-refractivity contribution in [2.75, 3.05) is 18.1 Å².